The molecule has 0 saturated carbocycles. The van der Waals surface area contributed by atoms with Crippen LogP contribution in [0.15, 0.2) is 67.4 Å². The minimum Gasteiger partial charge on any atom is -0.493 e. The number of carbonyl (C=O) groups is 1. The number of methoxy groups -OCH3 is 1. The summed E-state index contributed by atoms with van der Waals surface area (Å²) >= 11 is 12.0. The zero-order valence-electron chi connectivity index (χ0n) is 16.7. The molecule has 0 aliphatic rings. The van der Waals surface area contributed by atoms with Crippen LogP contribution in [-0.4, -0.2) is 24.6 Å². The summed E-state index contributed by atoms with van der Waals surface area (Å²) < 4.78 is 16.7. The number of pyridine rings is 1. The molecule has 6 nitrogen and oxygen atoms in total. The molecule has 2 aromatic carbocycles. The van der Waals surface area contributed by atoms with Gasteiger partial charge in [0.2, 0.25) is 5.88 Å². The van der Waals surface area contributed by atoms with Crippen LogP contribution < -0.4 is 19.5 Å². The summed E-state index contributed by atoms with van der Waals surface area (Å²) in [7, 11) is 1.55. The molecule has 0 radical (unpaired) electrons. The van der Waals surface area contributed by atoms with E-state index in [1.54, 1.807) is 43.5 Å². The summed E-state index contributed by atoms with van der Waals surface area (Å²) in [6, 6.07) is 13.9. The fourth-order valence-electron chi connectivity index (χ4n) is 2.69. The van der Waals surface area contributed by atoms with Crippen molar-refractivity contribution >= 4 is 34.8 Å². The lowest BCUT2D eigenvalue weighted by atomic mass is 10.1. The molecule has 3 rings (SSSR count). The summed E-state index contributed by atoms with van der Waals surface area (Å²) in [6.45, 7) is 3.51. The van der Waals surface area contributed by atoms with Gasteiger partial charge in [-0.1, -0.05) is 47.5 Å². The number of benzene rings is 2. The minimum atomic E-state index is -0.372. The molecule has 8 heteroatoms. The number of rotatable bonds is 9. The van der Waals surface area contributed by atoms with Crippen LogP contribution in [0.5, 0.6) is 23.1 Å². The molecule has 3 aromatic rings. The van der Waals surface area contributed by atoms with Crippen LogP contribution in [0.2, 0.25) is 10.0 Å². The highest BCUT2D eigenvalue weighted by Crippen LogP contribution is 2.33. The molecule has 1 N–H and O–H groups in total. The molecule has 0 unspecified atom stereocenters. The van der Waals surface area contributed by atoms with Crippen LogP contribution in [0, 0.1) is 0 Å². The topological polar surface area (TPSA) is 69.7 Å². The van der Waals surface area contributed by atoms with Crippen LogP contribution in [0.25, 0.3) is 0 Å². The normalized spacial score (nSPS) is 10.3. The van der Waals surface area contributed by atoms with E-state index in [9.17, 15) is 4.79 Å². The summed E-state index contributed by atoms with van der Waals surface area (Å²) in [5.74, 6) is 1.18. The summed E-state index contributed by atoms with van der Waals surface area (Å²) in [4.78, 5) is 16.5. The van der Waals surface area contributed by atoms with Gasteiger partial charge in [-0.25, -0.2) is 4.98 Å². The molecule has 0 aliphatic carbocycles. The Morgan fingerprint density at radius 1 is 1.13 bits per heavy atom. The van der Waals surface area contributed by atoms with Gasteiger partial charge in [0.25, 0.3) is 5.91 Å². The van der Waals surface area contributed by atoms with E-state index in [-0.39, 0.29) is 23.4 Å². The van der Waals surface area contributed by atoms with Crippen molar-refractivity contribution in [2.75, 3.05) is 19.0 Å². The Balaban J connectivity index is 1.67. The highest BCUT2D eigenvalue weighted by Gasteiger charge is 2.13. The maximum Gasteiger partial charge on any atom is 0.262 e. The first-order valence-corrected chi connectivity index (χ1v) is 10.0. The quantitative estimate of drug-likeness (QED) is 0.402. The number of amides is 1. The number of nitrogens with one attached hydrogen (secondary N) is 1. The second-order valence-corrected chi connectivity index (χ2v) is 7.20. The average molecular weight is 459 g/mol. The predicted molar refractivity (Wildman–Crippen MR) is 122 cm³/mol. The van der Waals surface area contributed by atoms with E-state index < -0.39 is 0 Å². The van der Waals surface area contributed by atoms with E-state index in [0.717, 1.165) is 5.56 Å². The number of para-hydroxylation sites is 2. The molecule has 0 spiro atoms. The average Bonchev–Trinajstić information content (AvgIpc) is 2.76. The molecule has 0 aliphatic heterocycles. The van der Waals surface area contributed by atoms with Crippen molar-refractivity contribution < 1.29 is 19.0 Å². The van der Waals surface area contributed by atoms with Crippen LogP contribution in [0.1, 0.15) is 5.56 Å². The second-order valence-electron chi connectivity index (χ2n) is 6.35. The molecule has 0 bridgehead atoms. The van der Waals surface area contributed by atoms with E-state index in [2.05, 4.69) is 16.9 Å². The third kappa shape index (κ3) is 6.13. The molecule has 1 aromatic heterocycles. The Labute approximate surface area is 190 Å². The number of ether oxygens (including phenoxy) is 3. The van der Waals surface area contributed by atoms with Crippen molar-refractivity contribution in [1.82, 2.24) is 4.98 Å². The molecule has 0 atom stereocenters. The second kappa shape index (κ2) is 10.7. The summed E-state index contributed by atoms with van der Waals surface area (Å²) in [5.41, 5.74) is 1.47. The smallest absolute Gasteiger partial charge is 0.262 e. The highest BCUT2D eigenvalue weighted by atomic mass is 35.5. The third-order valence-corrected chi connectivity index (χ3v) is 4.59. The van der Waals surface area contributed by atoms with Crippen molar-refractivity contribution in [3.05, 3.63) is 83.0 Å². The van der Waals surface area contributed by atoms with Crippen molar-refractivity contribution in [2.24, 2.45) is 0 Å². The molecule has 31 heavy (non-hydrogen) atoms. The Kier molecular flexibility index (Phi) is 7.76. The van der Waals surface area contributed by atoms with Gasteiger partial charge >= 0.3 is 0 Å². The molecule has 0 fully saturated rings. The van der Waals surface area contributed by atoms with E-state index in [1.165, 1.54) is 12.3 Å². The lowest BCUT2D eigenvalue weighted by molar-refractivity contribution is -0.118. The summed E-state index contributed by atoms with van der Waals surface area (Å²) in [6.07, 6.45) is 3.93. The Morgan fingerprint density at radius 2 is 1.94 bits per heavy atom. The standard InChI is InChI=1S/C23H20Cl2N2O4/c1-3-6-15-9-10-20(21(11-15)29-2)30-14-22(28)27-18-7-4-5-8-19(18)31-23-17(25)12-16(24)13-26-23/h3-5,7-13H,1,6,14H2,2H3,(H,27,28). The fraction of sp³-hybridized carbons (Fsp3) is 0.130. The lowest BCUT2D eigenvalue weighted by Crippen LogP contribution is -2.20. The van der Waals surface area contributed by atoms with Crippen LogP contribution in [0.3, 0.4) is 0 Å². The minimum absolute atomic E-state index is 0.174. The van der Waals surface area contributed by atoms with Gasteiger partial charge in [-0.15, -0.1) is 6.58 Å². The maximum atomic E-state index is 12.5. The largest absolute Gasteiger partial charge is 0.493 e. The van der Waals surface area contributed by atoms with Crippen molar-refractivity contribution in [3.8, 4) is 23.1 Å². The number of aromatic nitrogens is 1. The molecular formula is C23H20Cl2N2O4. The zero-order chi connectivity index (χ0) is 22.2. The van der Waals surface area contributed by atoms with Gasteiger partial charge in [0, 0.05) is 6.20 Å². The Morgan fingerprint density at radius 3 is 2.68 bits per heavy atom. The number of halogens is 2. The number of hydrogen-bond donors (Lipinski definition) is 1. The van der Waals surface area contributed by atoms with Gasteiger partial charge in [0.1, 0.15) is 5.02 Å². The van der Waals surface area contributed by atoms with E-state index in [1.807, 2.05) is 12.1 Å². The first-order chi connectivity index (χ1) is 15.0. The summed E-state index contributed by atoms with van der Waals surface area (Å²) in [5, 5.41) is 3.41. The molecule has 160 valence electrons. The van der Waals surface area contributed by atoms with E-state index >= 15 is 0 Å². The van der Waals surface area contributed by atoms with Gasteiger partial charge < -0.3 is 19.5 Å². The predicted octanol–water partition coefficient (Wildman–Crippen LogP) is 5.94. The van der Waals surface area contributed by atoms with Gasteiger partial charge in [-0.3, -0.25) is 4.79 Å². The van der Waals surface area contributed by atoms with Crippen molar-refractivity contribution in [3.63, 3.8) is 0 Å². The van der Waals surface area contributed by atoms with E-state index in [4.69, 9.17) is 37.4 Å². The Hall–Kier alpha value is -3.22. The third-order valence-electron chi connectivity index (χ3n) is 4.11. The van der Waals surface area contributed by atoms with Crippen LogP contribution in [-0.2, 0) is 11.2 Å². The van der Waals surface area contributed by atoms with Gasteiger partial charge in [-0.2, -0.15) is 0 Å². The SMILES string of the molecule is C=CCc1ccc(OCC(=O)Nc2ccccc2Oc2ncc(Cl)cc2Cl)c(OC)c1. The number of allylic oxidation sites excluding steroid dienone is 1. The highest BCUT2D eigenvalue weighted by molar-refractivity contribution is 6.35. The maximum absolute atomic E-state index is 12.5. The first kappa shape index (κ1) is 22.5. The first-order valence-electron chi connectivity index (χ1n) is 9.28. The van der Waals surface area contributed by atoms with Crippen LogP contribution >= 0.6 is 23.2 Å². The number of anilines is 1. The van der Waals surface area contributed by atoms with Gasteiger partial charge in [0.15, 0.2) is 23.9 Å². The lowest BCUT2D eigenvalue weighted by Gasteiger charge is -2.14. The van der Waals surface area contributed by atoms with Crippen LogP contribution in [0.4, 0.5) is 5.69 Å². The molecule has 1 heterocycles. The Bertz CT molecular complexity index is 1090. The molecular weight excluding hydrogens is 439 g/mol. The van der Waals surface area contributed by atoms with Crippen molar-refractivity contribution in [1.29, 1.82) is 0 Å². The fourth-order valence-corrected chi connectivity index (χ4v) is 3.11. The number of nitrogens with zero attached hydrogens (tertiary/aromatic N) is 1. The number of hydrogen-bond acceptors (Lipinski definition) is 5. The zero-order valence-corrected chi connectivity index (χ0v) is 18.2. The monoisotopic (exact) mass is 458 g/mol. The van der Waals surface area contributed by atoms with Gasteiger partial charge in [0.05, 0.1) is 17.8 Å². The molecule has 0 saturated heterocycles. The number of carbonyl (C=O) groups excluding carboxylic acids is 1. The molecule has 1 amide bonds. The van der Waals surface area contributed by atoms with E-state index in [0.29, 0.717) is 34.4 Å². The van der Waals surface area contributed by atoms with Gasteiger partial charge in [-0.05, 0) is 42.3 Å². The van der Waals surface area contributed by atoms with Crippen molar-refractivity contribution in [2.45, 2.75) is 6.42 Å².